The van der Waals surface area contributed by atoms with Crippen LogP contribution in [0.5, 0.6) is 0 Å². The van der Waals surface area contributed by atoms with Crippen LogP contribution in [-0.4, -0.2) is 4.99 Å². The number of nitrogens with two attached hydrogens (primary N) is 1. The van der Waals surface area contributed by atoms with Crippen LogP contribution in [-0.2, 0) is 0 Å². The van der Waals surface area contributed by atoms with Gasteiger partial charge in [-0.15, -0.1) is 0 Å². The molecule has 3 N–H and O–H groups in total. The van der Waals surface area contributed by atoms with Gasteiger partial charge in [-0.2, -0.15) is 0 Å². The lowest BCUT2D eigenvalue weighted by atomic mass is 10.1. The second-order valence-electron chi connectivity index (χ2n) is 4.17. The molecule has 0 radical (unpaired) electrons. The van der Waals surface area contributed by atoms with Crippen LogP contribution >= 0.6 is 23.8 Å². The molecule has 5 heteroatoms. The van der Waals surface area contributed by atoms with Gasteiger partial charge in [0, 0.05) is 5.56 Å². The Bertz CT molecular complexity index is 643. The van der Waals surface area contributed by atoms with E-state index >= 15 is 0 Å². The van der Waals surface area contributed by atoms with E-state index in [2.05, 4.69) is 5.32 Å². The molecule has 0 amide bonds. The van der Waals surface area contributed by atoms with Gasteiger partial charge in [0.2, 0.25) is 0 Å². The van der Waals surface area contributed by atoms with E-state index in [-0.39, 0.29) is 4.99 Å². The first-order valence-electron chi connectivity index (χ1n) is 5.60. The van der Waals surface area contributed by atoms with E-state index in [9.17, 15) is 4.39 Å². The van der Waals surface area contributed by atoms with E-state index in [1.54, 1.807) is 18.2 Å². The molecular weight excluding hydrogens is 283 g/mol. The molecule has 0 aliphatic rings. The van der Waals surface area contributed by atoms with Crippen LogP contribution in [0.2, 0.25) is 5.02 Å². The minimum Gasteiger partial charge on any atom is -0.389 e. The molecule has 0 saturated heterocycles. The zero-order valence-corrected chi connectivity index (χ0v) is 11.8. The second kappa shape index (κ2) is 5.55. The third kappa shape index (κ3) is 3.22. The standard InChI is InChI=1S/C14H12ClFN2S/c1-8-2-4-10(15)13(6-8)18-12-5-3-9(14(17)19)7-11(12)16/h2-7,18H,1H3,(H2,17,19). The van der Waals surface area contributed by atoms with Crippen molar-refractivity contribution in [2.75, 3.05) is 5.32 Å². The highest BCUT2D eigenvalue weighted by Gasteiger charge is 2.07. The molecule has 2 rings (SSSR count). The molecule has 0 fully saturated rings. The predicted molar refractivity (Wildman–Crippen MR) is 81.8 cm³/mol. The summed E-state index contributed by atoms with van der Waals surface area (Å²) in [4.78, 5) is 0.166. The number of nitrogens with one attached hydrogen (secondary N) is 1. The van der Waals surface area contributed by atoms with E-state index in [0.717, 1.165) is 5.56 Å². The first-order chi connectivity index (χ1) is 8.97. The van der Waals surface area contributed by atoms with Crippen molar-refractivity contribution >= 4 is 40.2 Å². The zero-order valence-electron chi connectivity index (χ0n) is 10.2. The molecule has 0 aliphatic carbocycles. The minimum absolute atomic E-state index is 0.166. The van der Waals surface area contributed by atoms with Crippen molar-refractivity contribution in [1.29, 1.82) is 0 Å². The quantitative estimate of drug-likeness (QED) is 0.835. The third-order valence-corrected chi connectivity index (χ3v) is 3.21. The number of benzene rings is 2. The summed E-state index contributed by atoms with van der Waals surface area (Å²) in [5.74, 6) is -0.428. The molecule has 2 nitrogen and oxygen atoms in total. The SMILES string of the molecule is Cc1ccc(Cl)c(Nc2ccc(C(N)=S)cc2F)c1. The van der Waals surface area contributed by atoms with Crippen LogP contribution in [0, 0.1) is 12.7 Å². The van der Waals surface area contributed by atoms with Gasteiger partial charge < -0.3 is 11.1 Å². The average Bonchev–Trinajstić information content (AvgIpc) is 2.36. The van der Waals surface area contributed by atoms with E-state index in [1.807, 2.05) is 19.1 Å². The molecule has 2 aromatic carbocycles. The number of aryl methyl sites for hydroxylation is 1. The van der Waals surface area contributed by atoms with Crippen molar-refractivity contribution in [2.24, 2.45) is 5.73 Å². The van der Waals surface area contributed by atoms with Gasteiger partial charge in [-0.3, -0.25) is 0 Å². The summed E-state index contributed by atoms with van der Waals surface area (Å²) in [6, 6.07) is 10.1. The molecule has 19 heavy (non-hydrogen) atoms. The van der Waals surface area contributed by atoms with Crippen LogP contribution in [0.4, 0.5) is 15.8 Å². The smallest absolute Gasteiger partial charge is 0.147 e. The van der Waals surface area contributed by atoms with E-state index in [1.165, 1.54) is 6.07 Å². The summed E-state index contributed by atoms with van der Waals surface area (Å²) in [5.41, 5.74) is 7.96. The average molecular weight is 295 g/mol. The summed E-state index contributed by atoms with van der Waals surface area (Å²) in [5, 5.41) is 3.49. The maximum Gasteiger partial charge on any atom is 0.147 e. The first kappa shape index (κ1) is 13.8. The summed E-state index contributed by atoms with van der Waals surface area (Å²) in [7, 11) is 0. The van der Waals surface area contributed by atoms with Gasteiger partial charge in [0.05, 0.1) is 16.4 Å². The fourth-order valence-electron chi connectivity index (χ4n) is 1.65. The lowest BCUT2D eigenvalue weighted by Crippen LogP contribution is -2.09. The van der Waals surface area contributed by atoms with Crippen LogP contribution in [0.1, 0.15) is 11.1 Å². The molecule has 0 heterocycles. The number of hydrogen-bond acceptors (Lipinski definition) is 2. The number of halogens is 2. The fraction of sp³-hybridized carbons (Fsp3) is 0.0714. The lowest BCUT2D eigenvalue weighted by Gasteiger charge is -2.11. The molecule has 98 valence electrons. The third-order valence-electron chi connectivity index (χ3n) is 2.64. The predicted octanol–water partition coefficient (Wildman–Crippen LogP) is 4.17. The van der Waals surface area contributed by atoms with Crippen LogP contribution in [0.3, 0.4) is 0 Å². The lowest BCUT2D eigenvalue weighted by molar-refractivity contribution is 0.631. The number of anilines is 2. The molecule has 0 saturated carbocycles. The van der Waals surface area contributed by atoms with E-state index in [4.69, 9.17) is 29.6 Å². The van der Waals surface area contributed by atoms with Crippen molar-refractivity contribution in [3.05, 3.63) is 58.4 Å². The van der Waals surface area contributed by atoms with Crippen molar-refractivity contribution in [2.45, 2.75) is 6.92 Å². The van der Waals surface area contributed by atoms with Crippen molar-refractivity contribution in [3.8, 4) is 0 Å². The van der Waals surface area contributed by atoms with E-state index < -0.39 is 5.82 Å². The molecule has 0 atom stereocenters. The van der Waals surface area contributed by atoms with Gasteiger partial charge in [0.25, 0.3) is 0 Å². The molecule has 2 aromatic rings. The second-order valence-corrected chi connectivity index (χ2v) is 5.01. The Kier molecular flexibility index (Phi) is 4.02. The number of thiocarbonyl (C=S) groups is 1. The summed E-state index contributed by atoms with van der Waals surface area (Å²) < 4.78 is 13.9. The Morgan fingerprint density at radius 2 is 1.95 bits per heavy atom. The van der Waals surface area contributed by atoms with Crippen molar-refractivity contribution < 1.29 is 4.39 Å². The Balaban J connectivity index is 2.33. The van der Waals surface area contributed by atoms with Crippen molar-refractivity contribution in [1.82, 2.24) is 0 Å². The Morgan fingerprint density at radius 3 is 2.58 bits per heavy atom. The van der Waals surface area contributed by atoms with Gasteiger partial charge in [0.1, 0.15) is 10.8 Å². The van der Waals surface area contributed by atoms with Gasteiger partial charge >= 0.3 is 0 Å². The highest BCUT2D eigenvalue weighted by atomic mass is 35.5. The van der Waals surface area contributed by atoms with Gasteiger partial charge in [-0.25, -0.2) is 4.39 Å². The summed E-state index contributed by atoms with van der Waals surface area (Å²) in [6.07, 6.45) is 0. The fourth-order valence-corrected chi connectivity index (χ4v) is 1.94. The summed E-state index contributed by atoms with van der Waals surface area (Å²) in [6.45, 7) is 1.94. The largest absolute Gasteiger partial charge is 0.389 e. The molecule has 0 aliphatic heterocycles. The monoisotopic (exact) mass is 294 g/mol. The van der Waals surface area contributed by atoms with Crippen molar-refractivity contribution in [3.63, 3.8) is 0 Å². The van der Waals surface area contributed by atoms with Crippen LogP contribution < -0.4 is 11.1 Å². The Hall–Kier alpha value is -1.65. The van der Waals surface area contributed by atoms with Gasteiger partial charge in [0.15, 0.2) is 0 Å². The van der Waals surface area contributed by atoms with E-state index in [0.29, 0.717) is 22.0 Å². The maximum absolute atomic E-state index is 13.9. The van der Waals surface area contributed by atoms with Crippen LogP contribution in [0.15, 0.2) is 36.4 Å². The maximum atomic E-state index is 13.9. The zero-order chi connectivity index (χ0) is 14.0. The molecule has 0 bridgehead atoms. The number of rotatable bonds is 3. The van der Waals surface area contributed by atoms with Gasteiger partial charge in [-0.05, 0) is 42.8 Å². The molecule has 0 unspecified atom stereocenters. The molecular formula is C14H12ClFN2S. The molecule has 0 spiro atoms. The highest BCUT2D eigenvalue weighted by molar-refractivity contribution is 7.80. The highest BCUT2D eigenvalue weighted by Crippen LogP contribution is 2.28. The topological polar surface area (TPSA) is 38.0 Å². The first-order valence-corrected chi connectivity index (χ1v) is 6.38. The number of hydrogen-bond donors (Lipinski definition) is 2. The normalized spacial score (nSPS) is 10.3. The Labute approximate surface area is 121 Å². The summed E-state index contributed by atoms with van der Waals surface area (Å²) >= 11 is 10.9. The minimum atomic E-state index is -0.428. The molecule has 0 aromatic heterocycles. The van der Waals surface area contributed by atoms with Gasteiger partial charge in [-0.1, -0.05) is 29.9 Å². The van der Waals surface area contributed by atoms with Crippen LogP contribution in [0.25, 0.3) is 0 Å². The Morgan fingerprint density at radius 1 is 1.21 bits per heavy atom.